The van der Waals surface area contributed by atoms with Crippen molar-refractivity contribution in [2.75, 3.05) is 4.90 Å². The number of anilines is 1. The number of hydrogen-bond acceptors (Lipinski definition) is 6. The molecule has 168 valence electrons. The van der Waals surface area contributed by atoms with E-state index < -0.39 is 23.5 Å². The first kappa shape index (κ1) is 20.5. The summed E-state index contributed by atoms with van der Waals surface area (Å²) >= 11 is 3.40. The van der Waals surface area contributed by atoms with E-state index in [2.05, 4.69) is 25.9 Å². The van der Waals surface area contributed by atoms with E-state index in [1.807, 2.05) is 24.3 Å². The summed E-state index contributed by atoms with van der Waals surface area (Å²) in [7, 11) is 0. The third kappa shape index (κ3) is 3.08. The predicted molar refractivity (Wildman–Crippen MR) is 128 cm³/mol. The number of H-pyrrole nitrogens is 1. The van der Waals surface area contributed by atoms with Crippen LogP contribution in [0.1, 0.15) is 28.1 Å². The minimum atomic E-state index is -1.03. The standard InChI is InChI=1S/C25H16BrN3O5/c1-12-6-8-18(33-12)21-20(22(30)19-11-13-10-14(26)7-9-17(13)34-19)23(31)24(32)29(21)25-27-15-4-2-3-5-16(15)28-25/h2-11,21,31H,1H3,(H,27,28). The number of Topliss-reactive ketones (excluding diaryl/α,β-unsaturated/α-hetero) is 1. The Labute approximate surface area is 200 Å². The SMILES string of the molecule is Cc1ccc(C2C(C(=O)c3cc4cc(Br)ccc4o3)=C(O)C(=O)N2c2nc3ccccc3[nH]2)o1. The highest BCUT2D eigenvalue weighted by atomic mass is 79.9. The fraction of sp³-hybridized carbons (Fsp3) is 0.0800. The molecule has 2 aromatic carbocycles. The molecular formula is C25H16BrN3O5. The second-order valence-corrected chi connectivity index (χ2v) is 8.90. The molecule has 0 spiro atoms. The number of aryl methyl sites for hydroxylation is 1. The van der Waals surface area contributed by atoms with Gasteiger partial charge >= 0.3 is 0 Å². The van der Waals surface area contributed by atoms with E-state index in [0.717, 1.165) is 4.47 Å². The molecule has 5 aromatic rings. The van der Waals surface area contributed by atoms with Crippen LogP contribution in [0.15, 0.2) is 85.3 Å². The molecule has 4 heterocycles. The number of carbonyl (C=O) groups is 2. The summed E-state index contributed by atoms with van der Waals surface area (Å²) in [6.45, 7) is 1.76. The fourth-order valence-corrected chi connectivity index (χ4v) is 4.62. The molecule has 2 N–H and O–H groups in total. The maximum Gasteiger partial charge on any atom is 0.296 e. The average molecular weight is 518 g/mol. The van der Waals surface area contributed by atoms with Crippen molar-refractivity contribution in [2.24, 2.45) is 0 Å². The Bertz CT molecular complexity index is 1620. The van der Waals surface area contributed by atoms with E-state index >= 15 is 0 Å². The van der Waals surface area contributed by atoms with Gasteiger partial charge in [-0.05, 0) is 55.5 Å². The van der Waals surface area contributed by atoms with Gasteiger partial charge in [0.2, 0.25) is 11.7 Å². The number of halogens is 1. The molecule has 0 saturated heterocycles. The van der Waals surface area contributed by atoms with Gasteiger partial charge in [0.25, 0.3) is 5.91 Å². The molecule has 1 aliphatic heterocycles. The molecule has 0 fully saturated rings. The number of nitrogens with zero attached hydrogens (tertiary/aromatic N) is 2. The normalized spacial score (nSPS) is 16.4. The van der Waals surface area contributed by atoms with Crippen molar-refractivity contribution in [3.8, 4) is 0 Å². The molecule has 34 heavy (non-hydrogen) atoms. The summed E-state index contributed by atoms with van der Waals surface area (Å²) in [5, 5.41) is 11.6. The molecule has 0 saturated carbocycles. The van der Waals surface area contributed by atoms with Crippen molar-refractivity contribution in [3.05, 3.63) is 93.7 Å². The number of hydrogen-bond donors (Lipinski definition) is 2. The first-order valence-electron chi connectivity index (χ1n) is 10.4. The number of rotatable bonds is 4. The number of aliphatic hydroxyl groups is 1. The highest BCUT2D eigenvalue weighted by Crippen LogP contribution is 2.42. The first-order valence-corrected chi connectivity index (χ1v) is 11.2. The molecule has 1 unspecified atom stereocenters. The number of fused-ring (bicyclic) bond motifs is 2. The van der Waals surface area contributed by atoms with Gasteiger partial charge in [0, 0.05) is 9.86 Å². The topological polar surface area (TPSA) is 113 Å². The Morgan fingerprint density at radius 2 is 1.94 bits per heavy atom. The van der Waals surface area contributed by atoms with Crippen molar-refractivity contribution in [1.29, 1.82) is 0 Å². The average Bonchev–Trinajstić information content (AvgIpc) is 3.58. The zero-order chi connectivity index (χ0) is 23.6. The van der Waals surface area contributed by atoms with Crippen molar-refractivity contribution in [1.82, 2.24) is 9.97 Å². The van der Waals surface area contributed by atoms with Crippen LogP contribution in [0.5, 0.6) is 0 Å². The largest absolute Gasteiger partial charge is 0.503 e. The smallest absolute Gasteiger partial charge is 0.296 e. The van der Waals surface area contributed by atoms with Gasteiger partial charge in [-0.2, -0.15) is 0 Å². The summed E-state index contributed by atoms with van der Waals surface area (Å²) in [6, 6.07) is 16.6. The monoisotopic (exact) mass is 517 g/mol. The van der Waals surface area contributed by atoms with Gasteiger partial charge in [-0.15, -0.1) is 0 Å². The van der Waals surface area contributed by atoms with E-state index in [1.165, 1.54) is 4.90 Å². The van der Waals surface area contributed by atoms with Gasteiger partial charge in [-0.1, -0.05) is 28.1 Å². The zero-order valence-electron chi connectivity index (χ0n) is 17.7. The summed E-state index contributed by atoms with van der Waals surface area (Å²) in [4.78, 5) is 35.7. The number of carbonyl (C=O) groups excluding carboxylic acids is 2. The molecule has 9 heteroatoms. The minimum absolute atomic E-state index is 0.00202. The maximum atomic E-state index is 13.6. The van der Waals surface area contributed by atoms with Gasteiger partial charge in [0.1, 0.15) is 23.1 Å². The van der Waals surface area contributed by atoms with Crippen LogP contribution in [0.25, 0.3) is 22.0 Å². The number of aromatic nitrogens is 2. The maximum absolute atomic E-state index is 13.6. The van der Waals surface area contributed by atoms with Gasteiger partial charge in [0.15, 0.2) is 11.5 Å². The minimum Gasteiger partial charge on any atom is -0.503 e. The Hall–Kier alpha value is -4.11. The molecular weight excluding hydrogens is 502 g/mol. The molecule has 0 bridgehead atoms. The number of aromatic amines is 1. The quantitative estimate of drug-likeness (QED) is 0.293. The van der Waals surface area contributed by atoms with Crippen LogP contribution in [-0.4, -0.2) is 26.8 Å². The molecule has 1 amide bonds. The van der Waals surface area contributed by atoms with Gasteiger partial charge in [0.05, 0.1) is 16.6 Å². The number of benzene rings is 2. The number of aliphatic hydroxyl groups excluding tert-OH is 1. The van der Waals surface area contributed by atoms with Crippen LogP contribution in [0, 0.1) is 6.92 Å². The first-order chi connectivity index (χ1) is 16.4. The molecule has 8 nitrogen and oxygen atoms in total. The number of amides is 1. The number of furan rings is 2. The summed E-state index contributed by atoms with van der Waals surface area (Å²) in [5.41, 5.74) is 1.72. The molecule has 0 aliphatic carbocycles. The molecule has 1 atom stereocenters. The summed E-state index contributed by atoms with van der Waals surface area (Å²) in [6.07, 6.45) is 0. The van der Waals surface area contributed by atoms with E-state index in [4.69, 9.17) is 8.83 Å². The van der Waals surface area contributed by atoms with Crippen molar-refractivity contribution in [3.63, 3.8) is 0 Å². The van der Waals surface area contributed by atoms with Crippen molar-refractivity contribution >= 4 is 55.6 Å². The third-order valence-corrected chi connectivity index (χ3v) is 6.28. The molecule has 3 aromatic heterocycles. The molecule has 6 rings (SSSR count). The van der Waals surface area contributed by atoms with E-state index in [0.29, 0.717) is 33.5 Å². The Balaban J connectivity index is 1.50. The van der Waals surface area contributed by atoms with Crippen molar-refractivity contribution < 1.29 is 23.5 Å². The molecule has 0 radical (unpaired) electrons. The lowest BCUT2D eigenvalue weighted by atomic mass is 9.99. The number of nitrogens with one attached hydrogen (secondary N) is 1. The predicted octanol–water partition coefficient (Wildman–Crippen LogP) is 5.76. The zero-order valence-corrected chi connectivity index (χ0v) is 19.3. The molecule has 1 aliphatic rings. The van der Waals surface area contributed by atoms with Crippen LogP contribution in [-0.2, 0) is 4.79 Å². The Morgan fingerprint density at radius 1 is 1.12 bits per heavy atom. The Kier molecular flexibility index (Phi) is 4.50. The van der Waals surface area contributed by atoms with E-state index in [1.54, 1.807) is 43.3 Å². The third-order valence-electron chi connectivity index (χ3n) is 5.79. The summed E-state index contributed by atoms with van der Waals surface area (Å²) in [5.74, 6) is -0.950. The second kappa shape index (κ2) is 7.46. The fourth-order valence-electron chi connectivity index (χ4n) is 4.24. The number of imidazole rings is 1. The number of para-hydroxylation sites is 2. The lowest BCUT2D eigenvalue weighted by Gasteiger charge is -2.22. The number of ketones is 1. The van der Waals surface area contributed by atoms with Crippen LogP contribution in [0.2, 0.25) is 0 Å². The van der Waals surface area contributed by atoms with Gasteiger partial charge < -0.3 is 18.9 Å². The van der Waals surface area contributed by atoms with Crippen LogP contribution in [0.3, 0.4) is 0 Å². The lowest BCUT2D eigenvalue weighted by Crippen LogP contribution is -2.31. The summed E-state index contributed by atoms with van der Waals surface area (Å²) < 4.78 is 12.4. The van der Waals surface area contributed by atoms with Crippen LogP contribution >= 0.6 is 15.9 Å². The highest BCUT2D eigenvalue weighted by Gasteiger charge is 2.48. The van der Waals surface area contributed by atoms with Crippen LogP contribution < -0.4 is 4.90 Å². The lowest BCUT2D eigenvalue weighted by molar-refractivity contribution is -0.117. The van der Waals surface area contributed by atoms with Crippen LogP contribution in [0.4, 0.5) is 5.95 Å². The van der Waals surface area contributed by atoms with Crippen molar-refractivity contribution in [2.45, 2.75) is 13.0 Å². The highest BCUT2D eigenvalue weighted by molar-refractivity contribution is 9.10. The van der Waals surface area contributed by atoms with Gasteiger partial charge in [-0.3, -0.25) is 14.5 Å². The second-order valence-electron chi connectivity index (χ2n) is 7.99. The Morgan fingerprint density at radius 3 is 2.71 bits per heavy atom. The van der Waals surface area contributed by atoms with Gasteiger partial charge in [-0.25, -0.2) is 4.98 Å². The van der Waals surface area contributed by atoms with E-state index in [-0.39, 0.29) is 17.3 Å². The van der Waals surface area contributed by atoms with E-state index in [9.17, 15) is 14.7 Å².